The van der Waals surface area contributed by atoms with Gasteiger partial charge in [0.15, 0.2) is 5.82 Å². The Kier molecular flexibility index (Phi) is 7.21. The fraction of sp³-hybridized carbons (Fsp3) is 0.263. The van der Waals surface area contributed by atoms with Crippen LogP contribution in [0.1, 0.15) is 30.0 Å². The Morgan fingerprint density at radius 1 is 1.19 bits per heavy atom. The third-order valence-corrected chi connectivity index (χ3v) is 5.46. The molecule has 1 amide bonds. The van der Waals surface area contributed by atoms with E-state index in [-0.39, 0.29) is 22.9 Å². The van der Waals surface area contributed by atoms with Gasteiger partial charge in [-0.15, -0.1) is 5.59 Å². The predicted octanol–water partition coefficient (Wildman–Crippen LogP) is 5.44. The number of rotatable bonds is 6. The lowest BCUT2D eigenvalue weighted by molar-refractivity contribution is -0.275. The lowest BCUT2D eigenvalue weighted by Gasteiger charge is -2.29. The molecule has 2 aromatic rings. The quantitative estimate of drug-likeness (QED) is 0.233. The average molecular weight is 515 g/mol. The van der Waals surface area contributed by atoms with Crippen molar-refractivity contribution in [3.8, 4) is 0 Å². The second-order valence-electron chi connectivity index (χ2n) is 6.76. The molecule has 172 valence electrons. The first-order valence-corrected chi connectivity index (χ1v) is 9.97. The maximum atomic E-state index is 14.1. The lowest BCUT2D eigenvalue weighted by Crippen LogP contribution is -2.42. The van der Waals surface area contributed by atoms with E-state index in [0.29, 0.717) is 5.56 Å². The van der Waals surface area contributed by atoms with Gasteiger partial charge in [-0.3, -0.25) is 15.1 Å². The van der Waals surface area contributed by atoms with E-state index in [1.54, 1.807) is 0 Å². The van der Waals surface area contributed by atoms with Gasteiger partial charge < -0.3 is 4.84 Å². The summed E-state index contributed by atoms with van der Waals surface area (Å²) in [6.45, 7) is 1.14. The van der Waals surface area contributed by atoms with Gasteiger partial charge in [0.25, 0.3) is 5.60 Å². The number of nitrogens with one attached hydrogen (secondary N) is 2. The Labute approximate surface area is 194 Å². The van der Waals surface area contributed by atoms with Gasteiger partial charge in [0.1, 0.15) is 0 Å². The fourth-order valence-corrected chi connectivity index (χ4v) is 3.59. The molecule has 1 aliphatic rings. The van der Waals surface area contributed by atoms with Crippen molar-refractivity contribution in [1.82, 2.24) is 11.0 Å². The molecule has 1 unspecified atom stereocenters. The average Bonchev–Trinajstić information content (AvgIpc) is 3.17. The van der Waals surface area contributed by atoms with Crippen molar-refractivity contribution >= 4 is 46.4 Å². The molecule has 0 spiro atoms. The summed E-state index contributed by atoms with van der Waals surface area (Å²) >= 11 is 17.5. The first-order valence-electron chi connectivity index (χ1n) is 8.83. The molecular formula is C19H14Cl3F4N3O3. The highest BCUT2D eigenvalue weighted by Crippen LogP contribution is 2.50. The number of hydrogen-bond donors (Lipinski definition) is 2. The van der Waals surface area contributed by atoms with E-state index in [2.05, 4.69) is 16.2 Å². The summed E-state index contributed by atoms with van der Waals surface area (Å²) in [6.07, 6.45) is -5.65. The molecule has 1 heterocycles. The molecular weight excluding hydrogens is 501 g/mol. The summed E-state index contributed by atoms with van der Waals surface area (Å²) in [6, 6.07) is 6.01. The Bertz CT molecular complexity index is 1060. The van der Waals surface area contributed by atoms with Crippen molar-refractivity contribution in [2.45, 2.75) is 31.7 Å². The fourth-order valence-electron chi connectivity index (χ4n) is 2.93. The van der Waals surface area contributed by atoms with Crippen LogP contribution in [-0.4, -0.2) is 17.8 Å². The lowest BCUT2D eigenvalue weighted by atomic mass is 9.86. The number of amides is 1. The van der Waals surface area contributed by atoms with Gasteiger partial charge in [-0.25, -0.2) is 4.39 Å². The minimum Gasteiger partial charge on any atom is -0.374 e. The summed E-state index contributed by atoms with van der Waals surface area (Å²) in [7, 11) is 0. The van der Waals surface area contributed by atoms with Gasteiger partial charge in [0, 0.05) is 23.9 Å². The first-order chi connectivity index (χ1) is 14.9. The maximum Gasteiger partial charge on any atom is 0.435 e. The Hall–Kier alpha value is -2.11. The molecule has 2 N–H and O–H groups in total. The molecule has 0 saturated carbocycles. The van der Waals surface area contributed by atoms with Crippen molar-refractivity contribution in [3.63, 3.8) is 0 Å². The number of hydrogen-bond acceptors (Lipinski definition) is 5. The van der Waals surface area contributed by atoms with Gasteiger partial charge in [-0.1, -0.05) is 46.0 Å². The summed E-state index contributed by atoms with van der Waals surface area (Å²) in [5.41, 5.74) is 1.65. The third-order valence-electron chi connectivity index (χ3n) is 4.54. The summed E-state index contributed by atoms with van der Waals surface area (Å²) in [4.78, 5) is 20.8. The van der Waals surface area contributed by atoms with Crippen LogP contribution in [-0.2, 0) is 26.7 Å². The molecule has 0 radical (unpaired) electrons. The van der Waals surface area contributed by atoms with Crippen molar-refractivity contribution in [1.29, 1.82) is 0 Å². The molecule has 0 bridgehead atoms. The van der Waals surface area contributed by atoms with E-state index in [4.69, 9.17) is 44.5 Å². The Morgan fingerprint density at radius 3 is 2.44 bits per heavy atom. The first kappa shape index (κ1) is 24.5. The van der Waals surface area contributed by atoms with Crippen LogP contribution in [0, 0.1) is 5.82 Å². The summed E-state index contributed by atoms with van der Waals surface area (Å²) in [5, 5.41) is 2.75. The number of oxime groups is 1. The van der Waals surface area contributed by atoms with Crippen LogP contribution in [0.3, 0.4) is 0 Å². The molecule has 13 heteroatoms. The van der Waals surface area contributed by atoms with E-state index < -0.39 is 45.5 Å². The molecule has 1 atom stereocenters. The van der Waals surface area contributed by atoms with Crippen LogP contribution in [0.25, 0.3) is 0 Å². The van der Waals surface area contributed by atoms with Crippen molar-refractivity contribution in [3.05, 3.63) is 67.9 Å². The van der Waals surface area contributed by atoms with Crippen LogP contribution in [0.2, 0.25) is 15.1 Å². The van der Waals surface area contributed by atoms with E-state index >= 15 is 0 Å². The normalized spacial score (nSPS) is 18.3. The van der Waals surface area contributed by atoms with Crippen LogP contribution in [0.15, 0.2) is 35.5 Å². The van der Waals surface area contributed by atoms with Gasteiger partial charge in [-0.2, -0.15) is 13.2 Å². The third kappa shape index (κ3) is 4.94. The highest BCUT2D eigenvalue weighted by molar-refractivity contribution is 6.35. The van der Waals surface area contributed by atoms with Crippen LogP contribution < -0.4 is 11.0 Å². The number of nitrogens with zero attached hydrogens (tertiary/aromatic N) is 1. The Morgan fingerprint density at radius 2 is 1.84 bits per heavy atom. The number of hydrazine groups is 1. The SMILES string of the molecule is CC(=O)NNOCc1cc(C2=NOC(c3cc(Cl)c(F)c(Cl)c3)(C(F)(F)F)C2)ccc1Cl. The van der Waals surface area contributed by atoms with E-state index in [9.17, 15) is 22.4 Å². The molecule has 32 heavy (non-hydrogen) atoms. The molecule has 0 fully saturated rings. The minimum atomic E-state index is -4.93. The van der Waals surface area contributed by atoms with E-state index in [1.807, 2.05) is 0 Å². The molecule has 2 aromatic carbocycles. The maximum absolute atomic E-state index is 14.1. The van der Waals surface area contributed by atoms with Crippen LogP contribution >= 0.6 is 34.8 Å². The molecule has 3 rings (SSSR count). The Balaban J connectivity index is 1.89. The molecule has 0 saturated heterocycles. The van der Waals surface area contributed by atoms with Crippen LogP contribution in [0.4, 0.5) is 17.6 Å². The largest absolute Gasteiger partial charge is 0.435 e. The predicted molar refractivity (Wildman–Crippen MR) is 110 cm³/mol. The minimum absolute atomic E-state index is 0.0355. The topological polar surface area (TPSA) is 72.0 Å². The van der Waals surface area contributed by atoms with Gasteiger partial charge in [0.05, 0.1) is 22.4 Å². The van der Waals surface area contributed by atoms with Crippen LogP contribution in [0.5, 0.6) is 0 Å². The van der Waals surface area contributed by atoms with Crippen molar-refractivity contribution < 1.29 is 32.0 Å². The van der Waals surface area contributed by atoms with Gasteiger partial charge in [-0.05, 0) is 35.4 Å². The highest BCUT2D eigenvalue weighted by Gasteiger charge is 2.62. The van der Waals surface area contributed by atoms with Gasteiger partial charge in [0.2, 0.25) is 5.91 Å². The van der Waals surface area contributed by atoms with Crippen molar-refractivity contribution in [2.75, 3.05) is 0 Å². The zero-order chi connectivity index (χ0) is 23.7. The standard InChI is InChI=1S/C19H14Cl3F4N3O3/c1-9(30)27-29-31-8-11-4-10(2-3-13(11)20)16-7-18(32-28-16,19(24,25)26)12-5-14(21)17(23)15(22)6-12/h2-6,29H,7-8H2,1H3,(H,27,30). The number of halogens is 7. The van der Waals surface area contributed by atoms with E-state index in [1.165, 1.54) is 25.1 Å². The highest BCUT2D eigenvalue weighted by atomic mass is 35.5. The number of carbonyl (C=O) groups is 1. The second-order valence-corrected chi connectivity index (χ2v) is 7.98. The summed E-state index contributed by atoms with van der Waals surface area (Å²) in [5.74, 6) is -1.43. The van der Waals surface area contributed by atoms with Crippen molar-refractivity contribution in [2.24, 2.45) is 5.16 Å². The molecule has 1 aliphatic heterocycles. The summed E-state index contributed by atoms with van der Waals surface area (Å²) < 4.78 is 56.1. The monoisotopic (exact) mass is 513 g/mol. The number of benzene rings is 2. The van der Waals surface area contributed by atoms with Gasteiger partial charge >= 0.3 is 6.18 Å². The molecule has 0 aliphatic carbocycles. The zero-order valence-corrected chi connectivity index (χ0v) is 18.4. The molecule has 6 nitrogen and oxygen atoms in total. The smallest absolute Gasteiger partial charge is 0.374 e. The molecule has 0 aromatic heterocycles. The second kappa shape index (κ2) is 9.40. The number of carbonyl (C=O) groups excluding carboxylic acids is 1. The van der Waals surface area contributed by atoms with E-state index in [0.717, 1.165) is 12.1 Å². The number of alkyl halides is 3. The zero-order valence-electron chi connectivity index (χ0n) is 16.1.